The molecular weight excluding hydrogens is 502 g/mol. The molecule has 8 aromatic rings. The highest BCUT2D eigenvalue weighted by Gasteiger charge is 2.22. The van der Waals surface area contributed by atoms with Gasteiger partial charge in [0.15, 0.2) is 0 Å². The minimum atomic E-state index is 1.09. The Morgan fingerprint density at radius 2 is 1.23 bits per heavy atom. The van der Waals surface area contributed by atoms with Gasteiger partial charge in [-0.25, -0.2) is 0 Å². The molecule has 40 heavy (non-hydrogen) atoms. The Balaban J connectivity index is 1.60. The van der Waals surface area contributed by atoms with Crippen molar-refractivity contribution in [2.45, 2.75) is 0 Å². The van der Waals surface area contributed by atoms with Gasteiger partial charge in [0.1, 0.15) is 0 Å². The monoisotopic (exact) mass is 527 g/mol. The van der Waals surface area contributed by atoms with Crippen LogP contribution in [0.2, 0.25) is 0 Å². The number of hydrogen-bond donors (Lipinski definition) is 0. The zero-order valence-electron chi connectivity index (χ0n) is 21.9. The summed E-state index contributed by atoms with van der Waals surface area (Å²) in [6.07, 6.45) is 3.80. The fourth-order valence-corrected chi connectivity index (χ4v) is 7.55. The Morgan fingerprint density at radius 1 is 0.550 bits per heavy atom. The molecule has 8 rings (SSSR count). The van der Waals surface area contributed by atoms with Crippen molar-refractivity contribution in [2.75, 3.05) is 0 Å². The fourth-order valence-electron chi connectivity index (χ4n) is 6.31. The van der Waals surface area contributed by atoms with Gasteiger partial charge in [0, 0.05) is 42.0 Å². The van der Waals surface area contributed by atoms with Crippen LogP contribution < -0.4 is 0 Å². The van der Waals surface area contributed by atoms with Gasteiger partial charge in [0.05, 0.1) is 11.0 Å². The second-order valence-electron chi connectivity index (χ2n) is 10.2. The Kier molecular flexibility index (Phi) is 5.07. The second kappa shape index (κ2) is 8.81. The molecule has 0 aliphatic rings. The predicted octanol–water partition coefficient (Wildman–Crippen LogP) is 11.3. The lowest BCUT2D eigenvalue weighted by molar-refractivity contribution is 1.19. The van der Waals surface area contributed by atoms with Crippen LogP contribution in [0.15, 0.2) is 128 Å². The Hall–Kier alpha value is -4.92. The molecule has 0 saturated heterocycles. The first kappa shape index (κ1) is 23.0. The summed E-state index contributed by atoms with van der Waals surface area (Å²) in [6.45, 7) is 8.00. The summed E-state index contributed by atoms with van der Waals surface area (Å²) < 4.78 is 5.14. The number of thiophene rings is 1. The molecule has 0 saturated carbocycles. The number of rotatable bonds is 4. The van der Waals surface area contributed by atoms with Gasteiger partial charge in [-0.1, -0.05) is 104 Å². The van der Waals surface area contributed by atoms with Gasteiger partial charge in [-0.3, -0.25) is 0 Å². The molecule has 0 aliphatic carbocycles. The maximum absolute atomic E-state index is 4.03. The quantitative estimate of drug-likeness (QED) is 0.214. The smallest absolute Gasteiger partial charge is 0.0640 e. The zero-order valence-corrected chi connectivity index (χ0v) is 22.7. The van der Waals surface area contributed by atoms with E-state index in [0.717, 1.165) is 11.1 Å². The van der Waals surface area contributed by atoms with Crippen LogP contribution in [0.4, 0.5) is 0 Å². The van der Waals surface area contributed by atoms with Gasteiger partial charge >= 0.3 is 0 Å². The Bertz CT molecular complexity index is 2300. The fraction of sp³-hybridized carbons (Fsp3) is 0. The number of aromatic nitrogens is 1. The van der Waals surface area contributed by atoms with Gasteiger partial charge in [-0.2, -0.15) is 0 Å². The van der Waals surface area contributed by atoms with Crippen LogP contribution in [0.5, 0.6) is 0 Å². The van der Waals surface area contributed by atoms with E-state index < -0.39 is 0 Å². The first-order chi connectivity index (χ1) is 19.8. The van der Waals surface area contributed by atoms with Crippen molar-refractivity contribution in [3.8, 4) is 16.8 Å². The molecule has 0 spiro atoms. The average Bonchev–Trinajstić information content (AvgIpc) is 3.57. The highest BCUT2D eigenvalue weighted by atomic mass is 32.1. The van der Waals surface area contributed by atoms with Crippen LogP contribution in [-0.2, 0) is 0 Å². The minimum absolute atomic E-state index is 1.09. The van der Waals surface area contributed by atoms with Crippen LogP contribution in [0, 0.1) is 0 Å². The standard InChI is InChI=1S/C38H25NS/c1-3-24-18-19-26(22-25(24)4-2)27-20-21-33-32(23-27)35-29-14-8-9-15-30(29)38-36(31-16-10-11-17-34(31)40-38)37(35)39(33)28-12-6-5-7-13-28/h3-23H,1-2H2. The van der Waals surface area contributed by atoms with Crippen molar-refractivity contribution in [1.29, 1.82) is 0 Å². The van der Waals surface area contributed by atoms with E-state index in [1.54, 1.807) is 0 Å². The molecule has 0 radical (unpaired) electrons. The maximum Gasteiger partial charge on any atom is 0.0640 e. The summed E-state index contributed by atoms with van der Waals surface area (Å²) in [4.78, 5) is 0. The van der Waals surface area contributed by atoms with E-state index in [1.807, 2.05) is 23.5 Å². The van der Waals surface area contributed by atoms with E-state index in [4.69, 9.17) is 0 Å². The summed E-state index contributed by atoms with van der Waals surface area (Å²) in [5.41, 5.74) is 8.22. The number of benzene rings is 6. The number of para-hydroxylation sites is 1. The van der Waals surface area contributed by atoms with E-state index in [2.05, 4.69) is 133 Å². The third-order valence-corrected chi connectivity index (χ3v) is 9.32. The molecule has 188 valence electrons. The highest BCUT2D eigenvalue weighted by Crippen LogP contribution is 2.48. The zero-order chi connectivity index (χ0) is 26.8. The third kappa shape index (κ3) is 3.20. The van der Waals surface area contributed by atoms with Gasteiger partial charge in [-0.05, 0) is 64.0 Å². The van der Waals surface area contributed by atoms with Gasteiger partial charge < -0.3 is 4.57 Å². The molecule has 2 aromatic heterocycles. The minimum Gasteiger partial charge on any atom is -0.309 e. The summed E-state index contributed by atoms with van der Waals surface area (Å²) in [5.74, 6) is 0. The first-order valence-corrected chi connectivity index (χ1v) is 14.3. The molecule has 0 fully saturated rings. The van der Waals surface area contributed by atoms with E-state index in [0.29, 0.717) is 0 Å². The van der Waals surface area contributed by atoms with Gasteiger partial charge in [-0.15, -0.1) is 11.3 Å². The van der Waals surface area contributed by atoms with Crippen LogP contribution in [-0.4, -0.2) is 4.57 Å². The second-order valence-corrected chi connectivity index (χ2v) is 11.3. The first-order valence-electron chi connectivity index (χ1n) is 13.5. The summed E-state index contributed by atoms with van der Waals surface area (Å²) in [5, 5.41) is 7.82. The lowest BCUT2D eigenvalue weighted by atomic mass is 9.96. The molecule has 0 unspecified atom stereocenters. The van der Waals surface area contributed by atoms with Crippen molar-refractivity contribution in [2.24, 2.45) is 0 Å². The molecule has 6 aromatic carbocycles. The normalized spacial score (nSPS) is 11.7. The Labute approximate surface area is 236 Å². The molecule has 0 amide bonds. The van der Waals surface area contributed by atoms with Crippen molar-refractivity contribution in [1.82, 2.24) is 4.57 Å². The SMILES string of the molecule is C=Cc1ccc(-c2ccc3c(c2)c2c4ccccc4c4sc5ccccc5c4c2n3-c2ccccc2)cc1C=C. The molecule has 2 heterocycles. The molecule has 0 aliphatic heterocycles. The topological polar surface area (TPSA) is 4.93 Å². The molecule has 0 atom stereocenters. The molecule has 2 heteroatoms. The Morgan fingerprint density at radius 3 is 2.02 bits per heavy atom. The predicted molar refractivity (Wildman–Crippen MR) is 177 cm³/mol. The number of fused-ring (bicyclic) bond motifs is 10. The van der Waals surface area contributed by atoms with Crippen LogP contribution in [0.25, 0.3) is 81.7 Å². The van der Waals surface area contributed by atoms with Crippen LogP contribution >= 0.6 is 11.3 Å². The largest absolute Gasteiger partial charge is 0.309 e. The molecule has 0 bridgehead atoms. The van der Waals surface area contributed by atoms with Crippen LogP contribution in [0.3, 0.4) is 0 Å². The van der Waals surface area contributed by atoms with Crippen molar-refractivity contribution < 1.29 is 0 Å². The van der Waals surface area contributed by atoms with Crippen molar-refractivity contribution >= 4 is 76.2 Å². The van der Waals surface area contributed by atoms with E-state index >= 15 is 0 Å². The lowest BCUT2D eigenvalue weighted by Gasteiger charge is -2.10. The third-order valence-electron chi connectivity index (χ3n) is 8.11. The molecule has 0 N–H and O–H groups in total. The number of hydrogen-bond acceptors (Lipinski definition) is 1. The van der Waals surface area contributed by atoms with Crippen molar-refractivity contribution in [3.63, 3.8) is 0 Å². The van der Waals surface area contributed by atoms with E-state index in [1.165, 1.54) is 69.6 Å². The average molecular weight is 528 g/mol. The summed E-state index contributed by atoms with van der Waals surface area (Å²) in [6, 6.07) is 42.0. The van der Waals surface area contributed by atoms with E-state index in [-0.39, 0.29) is 0 Å². The number of nitrogens with zero attached hydrogens (tertiary/aromatic N) is 1. The summed E-state index contributed by atoms with van der Waals surface area (Å²) in [7, 11) is 0. The molecular formula is C38H25NS. The van der Waals surface area contributed by atoms with Gasteiger partial charge in [0.25, 0.3) is 0 Å². The maximum atomic E-state index is 4.03. The highest BCUT2D eigenvalue weighted by molar-refractivity contribution is 7.27. The van der Waals surface area contributed by atoms with E-state index in [9.17, 15) is 0 Å². The van der Waals surface area contributed by atoms with Gasteiger partial charge in [0.2, 0.25) is 0 Å². The van der Waals surface area contributed by atoms with Crippen molar-refractivity contribution in [3.05, 3.63) is 140 Å². The summed E-state index contributed by atoms with van der Waals surface area (Å²) >= 11 is 1.90. The lowest BCUT2D eigenvalue weighted by Crippen LogP contribution is -1.94. The van der Waals surface area contributed by atoms with Crippen LogP contribution in [0.1, 0.15) is 11.1 Å². The molecule has 1 nitrogen and oxygen atoms in total.